The van der Waals surface area contributed by atoms with Gasteiger partial charge in [-0.05, 0) is 40.5 Å². The van der Waals surface area contributed by atoms with E-state index in [1.165, 1.54) is 13.8 Å². The second-order valence-electron chi connectivity index (χ2n) is 5.88. The van der Waals surface area contributed by atoms with Crippen LogP contribution < -0.4 is 0 Å². The van der Waals surface area contributed by atoms with Crippen molar-refractivity contribution in [1.82, 2.24) is 0 Å². The van der Waals surface area contributed by atoms with Gasteiger partial charge in [-0.3, -0.25) is 9.59 Å². The highest BCUT2D eigenvalue weighted by Gasteiger charge is 2.29. The van der Waals surface area contributed by atoms with Crippen molar-refractivity contribution in [3.05, 3.63) is 0 Å². The van der Waals surface area contributed by atoms with Crippen LogP contribution in [0.4, 0.5) is 0 Å². The smallest absolute Gasteiger partial charge is 0.308 e. The number of esters is 1. The standard InChI is InChI=1S/C16H24N4O5/c1-5-24-12(2)25-14(23)7-9-16(4,11-18)20-19-15(3,10-17)8-6-13(21)22/h12H,5-9H2,1-4H3,(H,21,22)/b20-19-. The largest absolute Gasteiger partial charge is 0.481 e. The molecule has 0 radical (unpaired) electrons. The van der Waals surface area contributed by atoms with E-state index in [1.807, 2.05) is 12.1 Å². The van der Waals surface area contributed by atoms with Crippen LogP contribution in [0.2, 0.25) is 0 Å². The van der Waals surface area contributed by atoms with E-state index < -0.39 is 29.3 Å². The van der Waals surface area contributed by atoms with E-state index in [-0.39, 0.29) is 25.7 Å². The Bertz CT molecular complexity index is 580. The maximum atomic E-state index is 11.7. The van der Waals surface area contributed by atoms with E-state index in [4.69, 9.17) is 19.8 Å². The number of azo groups is 1. The third kappa shape index (κ3) is 9.38. The lowest BCUT2D eigenvalue weighted by atomic mass is 9.97. The maximum absolute atomic E-state index is 11.7. The molecule has 0 aliphatic rings. The van der Waals surface area contributed by atoms with Crippen LogP contribution in [-0.4, -0.2) is 41.0 Å². The maximum Gasteiger partial charge on any atom is 0.308 e. The predicted molar refractivity (Wildman–Crippen MR) is 86.2 cm³/mol. The molecule has 0 rings (SSSR count). The van der Waals surface area contributed by atoms with Crippen LogP contribution in [0.25, 0.3) is 0 Å². The van der Waals surface area contributed by atoms with Crippen LogP contribution in [0.15, 0.2) is 10.2 Å². The van der Waals surface area contributed by atoms with Gasteiger partial charge in [0, 0.05) is 19.4 Å². The molecule has 0 saturated carbocycles. The number of hydrogen-bond donors (Lipinski definition) is 1. The van der Waals surface area contributed by atoms with Crippen molar-refractivity contribution < 1.29 is 24.2 Å². The average molecular weight is 352 g/mol. The van der Waals surface area contributed by atoms with Crippen molar-refractivity contribution in [2.45, 2.75) is 70.7 Å². The molecule has 3 atom stereocenters. The molecule has 0 aliphatic carbocycles. The summed E-state index contributed by atoms with van der Waals surface area (Å²) in [5.41, 5.74) is -2.67. The summed E-state index contributed by atoms with van der Waals surface area (Å²) in [5.74, 6) is -1.59. The normalized spacial score (nSPS) is 16.9. The van der Waals surface area contributed by atoms with Crippen LogP contribution in [0.3, 0.4) is 0 Å². The molecule has 25 heavy (non-hydrogen) atoms. The molecule has 0 aromatic rings. The van der Waals surface area contributed by atoms with Crippen LogP contribution >= 0.6 is 0 Å². The highest BCUT2D eigenvalue weighted by atomic mass is 16.7. The van der Waals surface area contributed by atoms with Crippen molar-refractivity contribution >= 4 is 11.9 Å². The zero-order valence-electron chi connectivity index (χ0n) is 15.0. The number of aliphatic carboxylic acids is 1. The van der Waals surface area contributed by atoms with Crippen molar-refractivity contribution in [2.75, 3.05) is 6.61 Å². The predicted octanol–water partition coefficient (Wildman–Crippen LogP) is 2.57. The lowest BCUT2D eigenvalue weighted by Gasteiger charge is -2.19. The fraction of sp³-hybridized carbons (Fsp3) is 0.750. The molecule has 0 saturated heterocycles. The van der Waals surface area contributed by atoms with E-state index in [0.29, 0.717) is 6.61 Å². The van der Waals surface area contributed by atoms with Gasteiger partial charge in [-0.15, -0.1) is 0 Å². The summed E-state index contributed by atoms with van der Waals surface area (Å²) in [5, 5.41) is 34.9. The first kappa shape index (κ1) is 22.5. The molecule has 0 fully saturated rings. The number of hydrogen-bond acceptors (Lipinski definition) is 8. The molecular formula is C16H24N4O5. The Hall–Kier alpha value is -2.52. The van der Waals surface area contributed by atoms with Gasteiger partial charge in [0.05, 0.1) is 12.1 Å². The number of ether oxygens (including phenoxy) is 2. The summed E-state index contributed by atoms with van der Waals surface area (Å²) in [6.07, 6.45) is -0.971. The Morgan fingerprint density at radius 3 is 2.00 bits per heavy atom. The van der Waals surface area contributed by atoms with Crippen LogP contribution in [0.1, 0.15) is 53.4 Å². The number of rotatable bonds is 11. The van der Waals surface area contributed by atoms with Gasteiger partial charge in [-0.2, -0.15) is 20.8 Å². The second-order valence-corrected chi connectivity index (χ2v) is 5.88. The topological polar surface area (TPSA) is 145 Å². The van der Waals surface area contributed by atoms with E-state index in [1.54, 1.807) is 13.8 Å². The van der Waals surface area contributed by atoms with Gasteiger partial charge in [0.25, 0.3) is 0 Å². The molecule has 9 heteroatoms. The van der Waals surface area contributed by atoms with Gasteiger partial charge in [0.15, 0.2) is 17.4 Å². The summed E-state index contributed by atoms with van der Waals surface area (Å²) in [6, 6.07) is 3.84. The summed E-state index contributed by atoms with van der Waals surface area (Å²) >= 11 is 0. The number of nitriles is 2. The van der Waals surface area contributed by atoms with E-state index >= 15 is 0 Å². The molecule has 3 unspecified atom stereocenters. The highest BCUT2D eigenvalue weighted by Crippen LogP contribution is 2.23. The minimum Gasteiger partial charge on any atom is -0.481 e. The SMILES string of the molecule is CCOC(C)OC(=O)CCC(C)(C#N)/N=N\C(C)(C#N)CCC(=O)O. The number of carboxylic acid groups (broad SMARTS) is 1. The van der Waals surface area contributed by atoms with Gasteiger partial charge in [-0.25, -0.2) is 0 Å². The van der Waals surface area contributed by atoms with Crippen molar-refractivity contribution in [2.24, 2.45) is 10.2 Å². The quantitative estimate of drug-likeness (QED) is 0.341. The van der Waals surface area contributed by atoms with Gasteiger partial charge >= 0.3 is 11.9 Å². The fourth-order valence-corrected chi connectivity index (χ4v) is 1.69. The van der Waals surface area contributed by atoms with Crippen molar-refractivity contribution in [3.63, 3.8) is 0 Å². The van der Waals surface area contributed by atoms with Gasteiger partial charge in [0.1, 0.15) is 0 Å². The minimum atomic E-state index is -1.35. The second kappa shape index (κ2) is 10.4. The summed E-state index contributed by atoms with van der Waals surface area (Å²) in [4.78, 5) is 22.4. The van der Waals surface area contributed by atoms with E-state index in [2.05, 4.69) is 10.2 Å². The molecule has 0 amide bonds. The third-order valence-electron chi connectivity index (χ3n) is 3.31. The Balaban J connectivity index is 4.82. The first-order chi connectivity index (χ1) is 11.6. The molecule has 9 nitrogen and oxygen atoms in total. The van der Waals surface area contributed by atoms with Crippen LogP contribution in [-0.2, 0) is 19.1 Å². The number of carbonyl (C=O) groups excluding carboxylic acids is 1. The zero-order valence-corrected chi connectivity index (χ0v) is 15.0. The molecule has 0 aromatic heterocycles. The summed E-state index contributed by atoms with van der Waals surface area (Å²) in [6.45, 7) is 6.68. The molecule has 138 valence electrons. The van der Waals surface area contributed by atoms with E-state index in [9.17, 15) is 14.9 Å². The third-order valence-corrected chi connectivity index (χ3v) is 3.31. The molecule has 1 N–H and O–H groups in total. The first-order valence-electron chi connectivity index (χ1n) is 7.89. The molecule has 0 aromatic carbocycles. The zero-order chi connectivity index (χ0) is 19.5. The van der Waals surface area contributed by atoms with E-state index in [0.717, 1.165) is 0 Å². The molecule has 0 bridgehead atoms. The van der Waals surface area contributed by atoms with Crippen molar-refractivity contribution in [1.29, 1.82) is 10.5 Å². The van der Waals surface area contributed by atoms with Gasteiger partial charge in [0.2, 0.25) is 0 Å². The molecule has 0 spiro atoms. The monoisotopic (exact) mass is 352 g/mol. The fourth-order valence-electron chi connectivity index (χ4n) is 1.69. The van der Waals surface area contributed by atoms with Gasteiger partial charge in [-0.1, -0.05) is 0 Å². The Morgan fingerprint density at radius 2 is 1.60 bits per heavy atom. The van der Waals surface area contributed by atoms with Gasteiger partial charge < -0.3 is 14.6 Å². The van der Waals surface area contributed by atoms with Crippen molar-refractivity contribution in [3.8, 4) is 12.1 Å². The van der Waals surface area contributed by atoms with Crippen LogP contribution in [0, 0.1) is 22.7 Å². The summed E-state index contributed by atoms with van der Waals surface area (Å²) in [7, 11) is 0. The molecule has 0 heterocycles. The summed E-state index contributed by atoms with van der Waals surface area (Å²) < 4.78 is 10.1. The lowest BCUT2D eigenvalue weighted by molar-refractivity contribution is -0.174. The number of carboxylic acids is 1. The lowest BCUT2D eigenvalue weighted by Crippen LogP contribution is -2.26. The Morgan fingerprint density at radius 1 is 1.12 bits per heavy atom. The molecular weight excluding hydrogens is 328 g/mol. The number of carbonyl (C=O) groups is 2. The highest BCUT2D eigenvalue weighted by molar-refractivity contribution is 5.69. The van der Waals surface area contributed by atoms with Crippen LogP contribution in [0.5, 0.6) is 0 Å². The number of nitrogens with zero attached hydrogens (tertiary/aromatic N) is 4. The average Bonchev–Trinajstić information content (AvgIpc) is 2.56. The first-order valence-corrected chi connectivity index (χ1v) is 7.89. The Kier molecular flexibility index (Phi) is 9.32. The molecule has 0 aliphatic heterocycles. The minimum absolute atomic E-state index is 0.0300. The Labute approximate surface area is 147 Å².